The predicted molar refractivity (Wildman–Crippen MR) is 154 cm³/mol. The molecule has 10 heteroatoms. The Hall–Kier alpha value is -3.89. The largest absolute Gasteiger partial charge is 0.490 e. The summed E-state index contributed by atoms with van der Waals surface area (Å²) in [4.78, 5) is 36.6. The lowest BCUT2D eigenvalue weighted by atomic mass is 10.1. The van der Waals surface area contributed by atoms with Gasteiger partial charge in [-0.3, -0.25) is 14.2 Å². The highest BCUT2D eigenvalue weighted by molar-refractivity contribution is 7.20. The highest BCUT2D eigenvalue weighted by Crippen LogP contribution is 2.38. The third-order valence-corrected chi connectivity index (χ3v) is 8.77. The topological polar surface area (TPSA) is 106 Å². The van der Waals surface area contributed by atoms with Crippen LogP contribution < -0.4 is 26.2 Å². The summed E-state index contributed by atoms with van der Waals surface area (Å²) in [5.41, 5.74) is 8.78. The Morgan fingerprint density at radius 1 is 1.08 bits per heavy atom. The second kappa shape index (κ2) is 9.69. The molecule has 1 saturated heterocycles. The van der Waals surface area contributed by atoms with E-state index in [1.165, 1.54) is 24.2 Å². The third kappa shape index (κ3) is 4.63. The third-order valence-electron chi connectivity index (χ3n) is 7.76. The molecule has 0 radical (unpaired) electrons. The lowest BCUT2D eigenvalue weighted by Gasteiger charge is -2.31. The molecular formula is C29H30N6O3S. The summed E-state index contributed by atoms with van der Waals surface area (Å²) in [5, 5.41) is 3.19. The van der Waals surface area contributed by atoms with Crippen molar-refractivity contribution in [3.8, 4) is 11.4 Å². The van der Waals surface area contributed by atoms with Crippen molar-refractivity contribution in [2.75, 3.05) is 43.4 Å². The van der Waals surface area contributed by atoms with Gasteiger partial charge in [-0.05, 0) is 61.6 Å². The molecule has 1 aliphatic carbocycles. The highest BCUT2D eigenvalue weighted by atomic mass is 32.1. The first kappa shape index (κ1) is 24.2. The smallest absolute Gasteiger partial charge is 0.298 e. The molecular weight excluding hydrogens is 512 g/mol. The number of carbonyl (C=O) groups is 1. The monoisotopic (exact) mass is 542 g/mol. The maximum atomic E-state index is 13.3. The molecule has 2 aromatic carbocycles. The van der Waals surface area contributed by atoms with Gasteiger partial charge in [-0.25, -0.2) is 4.98 Å². The lowest BCUT2D eigenvalue weighted by molar-refractivity contribution is 0.0942. The summed E-state index contributed by atoms with van der Waals surface area (Å²) in [6.45, 7) is 4.30. The number of ether oxygens (including phenoxy) is 1. The number of rotatable bonds is 6. The average Bonchev–Trinajstić information content (AvgIpc) is 3.50. The number of likely N-dealkylation sites (tertiary alicyclic amines) is 1. The van der Waals surface area contributed by atoms with E-state index < -0.39 is 5.56 Å². The van der Waals surface area contributed by atoms with Crippen molar-refractivity contribution < 1.29 is 9.53 Å². The van der Waals surface area contributed by atoms with Crippen molar-refractivity contribution in [2.24, 2.45) is 5.92 Å². The van der Waals surface area contributed by atoms with Crippen molar-refractivity contribution in [2.45, 2.75) is 25.3 Å². The van der Waals surface area contributed by atoms with Crippen molar-refractivity contribution in [1.29, 1.82) is 0 Å². The van der Waals surface area contributed by atoms with Gasteiger partial charge in [0.15, 0.2) is 5.82 Å². The number of thiophene rings is 1. The summed E-state index contributed by atoms with van der Waals surface area (Å²) >= 11 is 1.26. The number of carbonyl (C=O) groups excluding carboxylic acids is 1. The van der Waals surface area contributed by atoms with E-state index in [-0.39, 0.29) is 17.8 Å². The van der Waals surface area contributed by atoms with Crippen LogP contribution >= 0.6 is 11.3 Å². The molecule has 3 N–H and O–H groups in total. The first-order chi connectivity index (χ1) is 19.0. The minimum Gasteiger partial charge on any atom is -0.490 e. The molecule has 1 amide bonds. The maximum Gasteiger partial charge on any atom is 0.298 e. The molecule has 3 aliphatic rings. The van der Waals surface area contributed by atoms with Crippen LogP contribution in [0.15, 0.2) is 59.4 Å². The maximum absolute atomic E-state index is 13.3. The quantitative estimate of drug-likeness (QED) is 0.382. The first-order valence-electron chi connectivity index (χ1n) is 13.5. The second-order valence-electron chi connectivity index (χ2n) is 10.6. The van der Waals surface area contributed by atoms with Gasteiger partial charge in [-0.15, -0.1) is 11.3 Å². The number of fused-ring (bicyclic) bond motifs is 2. The van der Waals surface area contributed by atoms with Gasteiger partial charge in [-0.2, -0.15) is 0 Å². The number of hydrogen-bond donors (Lipinski definition) is 2. The molecule has 0 unspecified atom stereocenters. The predicted octanol–water partition coefficient (Wildman–Crippen LogP) is 3.77. The molecule has 9 nitrogen and oxygen atoms in total. The summed E-state index contributed by atoms with van der Waals surface area (Å²) < 4.78 is 7.47. The normalized spacial score (nSPS) is 19.2. The van der Waals surface area contributed by atoms with Crippen LogP contribution in [0.25, 0.3) is 16.0 Å². The van der Waals surface area contributed by atoms with Crippen LogP contribution in [0.5, 0.6) is 5.75 Å². The Labute approximate surface area is 229 Å². The number of nitrogens with one attached hydrogen (secondary N) is 1. The Morgan fingerprint density at radius 3 is 2.74 bits per heavy atom. The zero-order chi connectivity index (χ0) is 26.5. The minimum absolute atomic E-state index is 0.100. The van der Waals surface area contributed by atoms with Crippen LogP contribution in [-0.4, -0.2) is 59.2 Å². The molecule has 4 heterocycles. The number of amides is 1. The summed E-state index contributed by atoms with van der Waals surface area (Å²) in [5.74, 6) is 1.35. The zero-order valence-electron chi connectivity index (χ0n) is 21.5. The number of nitrogens with two attached hydrogens (primary N) is 1. The van der Waals surface area contributed by atoms with Gasteiger partial charge in [-0.1, -0.05) is 18.2 Å². The molecule has 0 spiro atoms. The molecule has 2 aromatic heterocycles. The summed E-state index contributed by atoms with van der Waals surface area (Å²) in [6, 6.07) is 17.6. The molecule has 0 bridgehead atoms. The fourth-order valence-electron chi connectivity index (χ4n) is 5.62. The fraction of sp³-hybridized carbons (Fsp3) is 0.345. The molecule has 2 fully saturated rings. The number of hydrogen-bond acceptors (Lipinski definition) is 8. The van der Waals surface area contributed by atoms with E-state index in [1.807, 2.05) is 36.4 Å². The summed E-state index contributed by atoms with van der Waals surface area (Å²) in [7, 11) is 0. The van der Waals surface area contributed by atoms with E-state index in [9.17, 15) is 9.59 Å². The van der Waals surface area contributed by atoms with E-state index in [2.05, 4.69) is 32.2 Å². The molecule has 1 atom stereocenters. The van der Waals surface area contributed by atoms with Gasteiger partial charge in [0.25, 0.3) is 11.5 Å². The Balaban J connectivity index is 1.22. The minimum atomic E-state index is -0.415. The van der Waals surface area contributed by atoms with Crippen molar-refractivity contribution in [3.05, 3.63) is 69.8 Å². The van der Waals surface area contributed by atoms with Crippen LogP contribution in [0.1, 0.15) is 28.9 Å². The van der Waals surface area contributed by atoms with Crippen LogP contribution in [0.4, 0.5) is 17.2 Å². The van der Waals surface area contributed by atoms with Crippen LogP contribution in [-0.2, 0) is 0 Å². The number of benzene rings is 2. The van der Waals surface area contributed by atoms with Crippen molar-refractivity contribution >= 4 is 44.8 Å². The summed E-state index contributed by atoms with van der Waals surface area (Å²) in [6.07, 6.45) is 3.61. The van der Waals surface area contributed by atoms with Gasteiger partial charge in [0.1, 0.15) is 17.2 Å². The number of nitrogens with zero attached hydrogens (tertiary/aromatic N) is 4. The lowest BCUT2D eigenvalue weighted by Crippen LogP contribution is -2.37. The highest BCUT2D eigenvalue weighted by Gasteiger charge is 2.30. The second-order valence-corrected chi connectivity index (χ2v) is 11.6. The van der Waals surface area contributed by atoms with Gasteiger partial charge in [0, 0.05) is 31.4 Å². The Kier molecular flexibility index (Phi) is 6.01. The standard InChI is InChI=1S/C29H30N6O3S/c30-26-29(37)35(21-8-9-24-22(14-21)34(12-13-38-24)20-4-2-1-3-5-20)23-15-25(39-28(23)32-26)27(36)31-19-10-11-33(17-19)16-18-6-7-18/h1-5,8-9,14-15,18-19H,6-7,10-13,16-17H2,(H2,30,32)(H,31,36)/t19-/m0/s1. The van der Waals surface area contributed by atoms with Crippen molar-refractivity contribution in [1.82, 2.24) is 19.8 Å². The van der Waals surface area contributed by atoms with E-state index in [1.54, 1.807) is 10.6 Å². The first-order valence-corrected chi connectivity index (χ1v) is 14.3. The number of nitrogen functional groups attached to an aromatic ring is 1. The zero-order valence-corrected chi connectivity index (χ0v) is 22.3. The van der Waals surface area contributed by atoms with Gasteiger partial charge in [0.05, 0.1) is 28.3 Å². The van der Waals surface area contributed by atoms with Gasteiger partial charge < -0.3 is 25.6 Å². The SMILES string of the molecule is Nc1nc2sc(C(=O)N[C@H]3CCN(CC4CC4)C3)cc2n(-c2ccc3c(c2)N(c2ccccc2)CCO3)c1=O. The van der Waals surface area contributed by atoms with E-state index in [0.717, 1.165) is 49.1 Å². The van der Waals surface area contributed by atoms with Gasteiger partial charge >= 0.3 is 0 Å². The van der Waals surface area contributed by atoms with Crippen LogP contribution in [0.2, 0.25) is 0 Å². The number of aromatic nitrogens is 2. The molecule has 1 saturated carbocycles. The van der Waals surface area contributed by atoms with E-state index in [4.69, 9.17) is 10.5 Å². The van der Waals surface area contributed by atoms with Gasteiger partial charge in [0.2, 0.25) is 0 Å². The molecule has 4 aromatic rings. The fourth-order valence-corrected chi connectivity index (χ4v) is 6.55. The molecule has 7 rings (SSSR count). The number of para-hydroxylation sites is 1. The van der Waals surface area contributed by atoms with Crippen LogP contribution in [0.3, 0.4) is 0 Å². The van der Waals surface area contributed by atoms with E-state index in [0.29, 0.717) is 34.1 Å². The van der Waals surface area contributed by atoms with Crippen LogP contribution in [0, 0.1) is 5.92 Å². The Bertz CT molecular complexity index is 1610. The Morgan fingerprint density at radius 2 is 1.92 bits per heavy atom. The van der Waals surface area contributed by atoms with Crippen molar-refractivity contribution in [3.63, 3.8) is 0 Å². The van der Waals surface area contributed by atoms with E-state index >= 15 is 0 Å². The molecule has 200 valence electrons. The molecule has 39 heavy (non-hydrogen) atoms. The average molecular weight is 543 g/mol. The number of anilines is 3. The molecule has 2 aliphatic heterocycles.